The molecule has 2 rings (SSSR count). The Morgan fingerprint density at radius 3 is 2.68 bits per heavy atom. The summed E-state index contributed by atoms with van der Waals surface area (Å²) in [7, 11) is 0. The number of benzene rings is 1. The average molecular weight is 322 g/mol. The summed E-state index contributed by atoms with van der Waals surface area (Å²) in [4.78, 5) is 15.0. The topological polar surface area (TPSA) is 59.4 Å². The largest absolute Gasteiger partial charge is 0.491 e. The highest BCUT2D eigenvalue weighted by molar-refractivity contribution is 9.10. The number of carboxylic acid groups (broad SMARTS) is 1. The van der Waals surface area contributed by atoms with Gasteiger partial charge in [-0.15, -0.1) is 0 Å². The Kier molecular flexibility index (Phi) is 4.52. The Labute approximate surface area is 119 Å². The van der Waals surface area contributed by atoms with Crippen molar-refractivity contribution in [2.75, 3.05) is 6.61 Å². The van der Waals surface area contributed by atoms with Crippen molar-refractivity contribution < 1.29 is 14.6 Å². The minimum atomic E-state index is -1.000. The molecule has 0 aliphatic heterocycles. The van der Waals surface area contributed by atoms with Crippen LogP contribution in [0.25, 0.3) is 0 Å². The first-order valence-corrected chi connectivity index (χ1v) is 6.51. The fourth-order valence-corrected chi connectivity index (χ4v) is 2.13. The molecular weight excluding hydrogens is 310 g/mol. The fraction of sp³-hybridized carbons (Fsp3) is 0.143. The molecule has 0 atom stereocenters. The highest BCUT2D eigenvalue weighted by Crippen LogP contribution is 2.29. The molecule has 4 nitrogen and oxygen atoms in total. The van der Waals surface area contributed by atoms with Gasteiger partial charge in [0.05, 0.1) is 11.1 Å². The number of aromatic nitrogens is 1. The molecule has 5 heteroatoms. The maximum atomic E-state index is 11.1. The van der Waals surface area contributed by atoms with Crippen LogP contribution in [-0.4, -0.2) is 22.7 Å². The number of ether oxygens (including phenoxy) is 1. The number of carbonyl (C=O) groups is 1. The van der Waals surface area contributed by atoms with E-state index in [1.807, 2.05) is 12.1 Å². The summed E-state index contributed by atoms with van der Waals surface area (Å²) in [5.41, 5.74) is 1.25. The molecule has 0 bridgehead atoms. The number of pyridine rings is 1. The van der Waals surface area contributed by atoms with Gasteiger partial charge in [0.2, 0.25) is 0 Å². The van der Waals surface area contributed by atoms with Crippen molar-refractivity contribution in [2.45, 2.75) is 6.42 Å². The molecule has 1 heterocycles. The molecule has 2 aromatic rings. The van der Waals surface area contributed by atoms with E-state index in [1.165, 1.54) is 6.07 Å². The Bertz CT molecular complexity index is 572. The second-order valence-corrected chi connectivity index (χ2v) is 4.73. The van der Waals surface area contributed by atoms with Crippen molar-refractivity contribution in [3.05, 3.63) is 58.3 Å². The zero-order valence-electron chi connectivity index (χ0n) is 10.0. The lowest BCUT2D eigenvalue weighted by atomic mass is 10.2. The van der Waals surface area contributed by atoms with E-state index in [9.17, 15) is 4.79 Å². The molecule has 1 aromatic heterocycles. The van der Waals surface area contributed by atoms with Gasteiger partial charge >= 0.3 is 5.97 Å². The smallest absolute Gasteiger partial charge is 0.339 e. The van der Waals surface area contributed by atoms with Gasteiger partial charge in [-0.1, -0.05) is 6.07 Å². The number of nitrogens with zero attached hydrogens (tertiary/aromatic N) is 1. The average Bonchev–Trinajstić information content (AvgIpc) is 2.41. The molecule has 19 heavy (non-hydrogen) atoms. The summed E-state index contributed by atoms with van der Waals surface area (Å²) < 4.78 is 6.23. The maximum Gasteiger partial charge on any atom is 0.339 e. The van der Waals surface area contributed by atoms with Gasteiger partial charge in [0, 0.05) is 18.8 Å². The first-order chi connectivity index (χ1) is 9.18. The summed E-state index contributed by atoms with van der Waals surface area (Å²) in [6, 6.07) is 8.76. The van der Waals surface area contributed by atoms with E-state index in [1.54, 1.807) is 24.5 Å². The van der Waals surface area contributed by atoms with Crippen molar-refractivity contribution in [1.82, 2.24) is 4.98 Å². The normalized spacial score (nSPS) is 10.2. The second-order valence-electron chi connectivity index (χ2n) is 3.88. The summed E-state index contributed by atoms with van der Waals surface area (Å²) in [5.74, 6) is -0.635. The van der Waals surface area contributed by atoms with Gasteiger partial charge in [-0.3, -0.25) is 4.98 Å². The molecule has 0 aliphatic carbocycles. The molecule has 0 fully saturated rings. The van der Waals surface area contributed by atoms with Crippen molar-refractivity contribution in [1.29, 1.82) is 0 Å². The van der Waals surface area contributed by atoms with Gasteiger partial charge in [0.15, 0.2) is 0 Å². The zero-order valence-corrected chi connectivity index (χ0v) is 11.6. The molecule has 0 aliphatic rings. The zero-order chi connectivity index (χ0) is 13.7. The van der Waals surface area contributed by atoms with Crippen LogP contribution in [0.4, 0.5) is 0 Å². The van der Waals surface area contributed by atoms with Gasteiger partial charge in [0.25, 0.3) is 0 Å². The summed E-state index contributed by atoms with van der Waals surface area (Å²) in [5, 5.41) is 9.10. The highest BCUT2D eigenvalue weighted by Gasteiger charge is 2.13. The highest BCUT2D eigenvalue weighted by atomic mass is 79.9. The predicted molar refractivity (Wildman–Crippen MR) is 74.5 cm³/mol. The molecule has 0 unspecified atom stereocenters. The SMILES string of the molecule is O=C(O)c1cccc(Br)c1OCCc1ccncc1. The van der Waals surface area contributed by atoms with E-state index >= 15 is 0 Å². The second kappa shape index (κ2) is 6.33. The van der Waals surface area contributed by atoms with Crippen LogP contribution in [0.5, 0.6) is 5.75 Å². The fourth-order valence-electron chi connectivity index (χ4n) is 1.64. The van der Waals surface area contributed by atoms with Gasteiger partial charge in [0.1, 0.15) is 11.3 Å². The molecule has 1 N–H and O–H groups in total. The Morgan fingerprint density at radius 2 is 2.00 bits per heavy atom. The number of aromatic carboxylic acids is 1. The number of para-hydroxylation sites is 1. The molecule has 0 amide bonds. The Balaban J connectivity index is 2.05. The van der Waals surface area contributed by atoms with E-state index < -0.39 is 5.97 Å². The third-order valence-corrected chi connectivity index (χ3v) is 3.21. The lowest BCUT2D eigenvalue weighted by Gasteiger charge is -2.10. The first-order valence-electron chi connectivity index (χ1n) is 5.72. The monoisotopic (exact) mass is 321 g/mol. The van der Waals surface area contributed by atoms with E-state index in [4.69, 9.17) is 9.84 Å². The van der Waals surface area contributed by atoms with Gasteiger partial charge in [-0.05, 0) is 45.8 Å². The van der Waals surface area contributed by atoms with E-state index in [2.05, 4.69) is 20.9 Å². The Hall–Kier alpha value is -1.88. The molecule has 0 saturated heterocycles. The maximum absolute atomic E-state index is 11.1. The lowest BCUT2D eigenvalue weighted by Crippen LogP contribution is -2.07. The minimum absolute atomic E-state index is 0.157. The standard InChI is InChI=1S/C14H12BrNO3/c15-12-3-1-2-11(14(17)18)13(12)19-9-6-10-4-7-16-8-5-10/h1-5,7-8H,6,9H2,(H,17,18). The van der Waals surface area contributed by atoms with Crippen LogP contribution in [0.2, 0.25) is 0 Å². The van der Waals surface area contributed by atoms with Crippen LogP contribution >= 0.6 is 15.9 Å². The van der Waals surface area contributed by atoms with Crippen LogP contribution in [0.15, 0.2) is 47.2 Å². The molecule has 0 radical (unpaired) electrons. The number of carboxylic acids is 1. The Morgan fingerprint density at radius 1 is 1.26 bits per heavy atom. The third-order valence-electron chi connectivity index (χ3n) is 2.58. The summed E-state index contributed by atoms with van der Waals surface area (Å²) in [6.07, 6.45) is 4.13. The lowest BCUT2D eigenvalue weighted by molar-refractivity contribution is 0.0692. The van der Waals surface area contributed by atoms with Crippen LogP contribution in [0, 0.1) is 0 Å². The molecule has 1 aromatic carbocycles. The molecule has 0 saturated carbocycles. The quantitative estimate of drug-likeness (QED) is 0.918. The summed E-state index contributed by atoms with van der Waals surface area (Å²) in [6.45, 7) is 0.410. The van der Waals surface area contributed by atoms with Gasteiger partial charge < -0.3 is 9.84 Å². The molecular formula is C14H12BrNO3. The first kappa shape index (κ1) is 13.5. The van der Waals surface area contributed by atoms with E-state index in [0.717, 1.165) is 5.56 Å². The number of rotatable bonds is 5. The van der Waals surface area contributed by atoms with Gasteiger partial charge in [-0.25, -0.2) is 4.79 Å². The number of hydrogen-bond donors (Lipinski definition) is 1. The van der Waals surface area contributed by atoms with Gasteiger partial charge in [-0.2, -0.15) is 0 Å². The van der Waals surface area contributed by atoms with Crippen LogP contribution in [-0.2, 0) is 6.42 Å². The minimum Gasteiger partial charge on any atom is -0.491 e. The number of halogens is 1. The molecule has 98 valence electrons. The van der Waals surface area contributed by atoms with Crippen LogP contribution in [0.3, 0.4) is 0 Å². The van der Waals surface area contributed by atoms with E-state index in [-0.39, 0.29) is 5.56 Å². The predicted octanol–water partition coefficient (Wildman–Crippen LogP) is 3.16. The van der Waals surface area contributed by atoms with Crippen molar-refractivity contribution in [3.8, 4) is 5.75 Å². The number of hydrogen-bond acceptors (Lipinski definition) is 3. The van der Waals surface area contributed by atoms with E-state index in [0.29, 0.717) is 23.2 Å². The van der Waals surface area contributed by atoms with Crippen LogP contribution < -0.4 is 4.74 Å². The third kappa shape index (κ3) is 3.54. The van der Waals surface area contributed by atoms with Crippen molar-refractivity contribution in [3.63, 3.8) is 0 Å². The van der Waals surface area contributed by atoms with Crippen molar-refractivity contribution >= 4 is 21.9 Å². The molecule has 0 spiro atoms. The summed E-state index contributed by atoms with van der Waals surface area (Å²) >= 11 is 3.30. The van der Waals surface area contributed by atoms with Crippen molar-refractivity contribution in [2.24, 2.45) is 0 Å². The van der Waals surface area contributed by atoms with Crippen LogP contribution in [0.1, 0.15) is 15.9 Å².